The number of benzene rings is 1. The molecule has 0 amide bonds. The minimum atomic E-state index is -0.982. The summed E-state index contributed by atoms with van der Waals surface area (Å²) in [6.45, 7) is 5.50. The summed E-state index contributed by atoms with van der Waals surface area (Å²) in [7, 11) is 0. The van der Waals surface area contributed by atoms with Crippen molar-refractivity contribution in [3.63, 3.8) is 0 Å². The number of carbonyl (C=O) groups is 2. The molecule has 0 aliphatic heterocycles. The number of carboxylic acid groups (broad SMARTS) is 1. The van der Waals surface area contributed by atoms with Crippen LogP contribution in [0.1, 0.15) is 41.5 Å². The van der Waals surface area contributed by atoms with Crippen LogP contribution in [0.4, 0.5) is 0 Å². The van der Waals surface area contributed by atoms with E-state index in [2.05, 4.69) is 0 Å². The van der Waals surface area contributed by atoms with Crippen LogP contribution in [0.3, 0.4) is 0 Å². The average molecular weight is 230 g/mol. The predicted octanol–water partition coefficient (Wildman–Crippen LogP) is 1.97. The van der Waals surface area contributed by atoms with E-state index < -0.39 is 11.4 Å². The van der Waals surface area contributed by atoms with Gasteiger partial charge in [0.15, 0.2) is 5.78 Å². The molecule has 16 heavy (non-hydrogen) atoms. The van der Waals surface area contributed by atoms with Crippen molar-refractivity contribution in [3.05, 3.63) is 35.4 Å². The van der Waals surface area contributed by atoms with Crippen LogP contribution in [0, 0.1) is 5.41 Å². The SMILES string of the molecule is CC(C)(C)C(=O)c1ccc(C(=O)O)cc1.[NaH]. The van der Waals surface area contributed by atoms with Gasteiger partial charge in [0.2, 0.25) is 0 Å². The van der Waals surface area contributed by atoms with E-state index in [0.29, 0.717) is 5.56 Å². The Morgan fingerprint density at radius 1 is 1.00 bits per heavy atom. The van der Waals surface area contributed by atoms with Crippen LogP contribution in [0.2, 0.25) is 0 Å². The monoisotopic (exact) mass is 230 g/mol. The molecule has 1 aromatic carbocycles. The molecular weight excluding hydrogens is 215 g/mol. The van der Waals surface area contributed by atoms with E-state index in [4.69, 9.17) is 5.11 Å². The number of carboxylic acids is 1. The zero-order valence-electron chi connectivity index (χ0n) is 9.07. The molecule has 0 aliphatic rings. The van der Waals surface area contributed by atoms with Gasteiger partial charge in [0.25, 0.3) is 0 Å². The number of Topliss-reactive ketones (excluding diaryl/α,β-unsaturated/α-hetero) is 1. The fraction of sp³-hybridized carbons (Fsp3) is 0.333. The zero-order valence-corrected chi connectivity index (χ0v) is 9.07. The van der Waals surface area contributed by atoms with Crippen molar-refractivity contribution in [2.24, 2.45) is 5.41 Å². The second-order valence-electron chi connectivity index (χ2n) is 4.46. The van der Waals surface area contributed by atoms with Crippen LogP contribution in [0.25, 0.3) is 0 Å². The third kappa shape index (κ3) is 3.74. The number of carbonyl (C=O) groups excluding carboxylic acids is 1. The molecule has 0 heterocycles. The van der Waals surface area contributed by atoms with Crippen molar-refractivity contribution in [3.8, 4) is 0 Å². The Morgan fingerprint density at radius 2 is 1.38 bits per heavy atom. The Kier molecular flexibility index (Phi) is 5.39. The first-order valence-electron chi connectivity index (χ1n) is 4.70. The second-order valence-corrected chi connectivity index (χ2v) is 4.46. The molecule has 0 radical (unpaired) electrons. The van der Waals surface area contributed by atoms with Crippen molar-refractivity contribution in [2.45, 2.75) is 20.8 Å². The first-order valence-corrected chi connectivity index (χ1v) is 4.70. The van der Waals surface area contributed by atoms with Crippen LogP contribution in [-0.2, 0) is 0 Å². The molecule has 4 heteroatoms. The second kappa shape index (κ2) is 5.62. The molecule has 0 spiro atoms. The molecule has 0 aromatic heterocycles. The maximum absolute atomic E-state index is 11.8. The molecule has 0 unspecified atom stereocenters. The molecule has 0 bridgehead atoms. The Balaban J connectivity index is 0.00000225. The summed E-state index contributed by atoms with van der Waals surface area (Å²) in [5, 5.41) is 8.69. The quantitative estimate of drug-likeness (QED) is 0.624. The molecule has 1 N–H and O–H groups in total. The normalized spacial score (nSPS) is 10.4. The molecule has 0 saturated heterocycles. The fourth-order valence-corrected chi connectivity index (χ4v) is 1.20. The molecule has 0 fully saturated rings. The molecule has 1 aromatic rings. The minimum absolute atomic E-state index is 0. The van der Waals surface area contributed by atoms with Crippen LogP contribution >= 0.6 is 0 Å². The van der Waals surface area contributed by atoms with E-state index in [1.54, 1.807) is 12.1 Å². The fourth-order valence-electron chi connectivity index (χ4n) is 1.20. The molecule has 3 nitrogen and oxygen atoms in total. The summed E-state index contributed by atoms with van der Waals surface area (Å²) in [6, 6.07) is 6.00. The van der Waals surface area contributed by atoms with E-state index >= 15 is 0 Å². The van der Waals surface area contributed by atoms with Gasteiger partial charge >= 0.3 is 35.5 Å². The molecule has 0 aliphatic carbocycles. The summed E-state index contributed by atoms with van der Waals surface area (Å²) in [5.41, 5.74) is 0.304. The predicted molar refractivity (Wildman–Crippen MR) is 64.3 cm³/mol. The van der Waals surface area contributed by atoms with Crippen molar-refractivity contribution < 1.29 is 14.7 Å². The van der Waals surface area contributed by atoms with E-state index in [1.165, 1.54) is 12.1 Å². The van der Waals surface area contributed by atoms with Gasteiger partial charge in [-0.05, 0) is 12.1 Å². The van der Waals surface area contributed by atoms with E-state index in [1.807, 2.05) is 20.8 Å². The Morgan fingerprint density at radius 3 is 1.69 bits per heavy atom. The molecule has 0 saturated carbocycles. The van der Waals surface area contributed by atoms with E-state index in [0.717, 1.165) is 0 Å². The topological polar surface area (TPSA) is 54.4 Å². The average Bonchev–Trinajstić information content (AvgIpc) is 2.15. The zero-order chi connectivity index (χ0) is 11.6. The van der Waals surface area contributed by atoms with Gasteiger partial charge in [0.1, 0.15) is 0 Å². The van der Waals surface area contributed by atoms with Gasteiger partial charge in [-0.25, -0.2) is 4.79 Å². The van der Waals surface area contributed by atoms with Crippen LogP contribution < -0.4 is 0 Å². The summed E-state index contributed by atoms with van der Waals surface area (Å²) < 4.78 is 0. The number of aromatic carboxylic acids is 1. The van der Waals surface area contributed by atoms with Gasteiger partial charge in [-0.15, -0.1) is 0 Å². The van der Waals surface area contributed by atoms with Gasteiger partial charge in [-0.2, -0.15) is 0 Å². The summed E-state index contributed by atoms with van der Waals surface area (Å²) in [5.74, 6) is -0.968. The van der Waals surface area contributed by atoms with E-state index in [-0.39, 0.29) is 40.9 Å². The standard InChI is InChI=1S/C12H14O3.Na.H/c1-12(2,3)10(13)8-4-6-9(7-5-8)11(14)15;;/h4-7H,1-3H3,(H,14,15);;. The van der Waals surface area contributed by atoms with Crippen molar-refractivity contribution in [1.82, 2.24) is 0 Å². The molecule has 1 rings (SSSR count). The third-order valence-electron chi connectivity index (χ3n) is 2.08. The number of rotatable bonds is 2. The van der Waals surface area contributed by atoms with Gasteiger partial charge < -0.3 is 5.11 Å². The number of ketones is 1. The first-order chi connectivity index (χ1) is 6.82. The summed E-state index contributed by atoms with van der Waals surface area (Å²) in [6.07, 6.45) is 0. The van der Waals surface area contributed by atoms with Gasteiger partial charge in [-0.1, -0.05) is 32.9 Å². The summed E-state index contributed by atoms with van der Waals surface area (Å²) >= 11 is 0. The van der Waals surface area contributed by atoms with Crippen molar-refractivity contribution in [1.29, 1.82) is 0 Å². The Bertz CT molecular complexity index is 388. The van der Waals surface area contributed by atoms with Crippen molar-refractivity contribution in [2.75, 3.05) is 0 Å². The van der Waals surface area contributed by atoms with Crippen molar-refractivity contribution >= 4 is 41.3 Å². The molecule has 0 atom stereocenters. The van der Waals surface area contributed by atoms with Crippen LogP contribution in [0.5, 0.6) is 0 Å². The molecular formula is C12H15NaO3. The van der Waals surface area contributed by atoms with Gasteiger partial charge in [0, 0.05) is 11.0 Å². The van der Waals surface area contributed by atoms with E-state index in [9.17, 15) is 9.59 Å². The number of hydrogen-bond donors (Lipinski definition) is 1. The Labute approximate surface area is 117 Å². The number of hydrogen-bond acceptors (Lipinski definition) is 2. The van der Waals surface area contributed by atoms with Crippen LogP contribution in [-0.4, -0.2) is 46.4 Å². The Hall–Kier alpha value is -0.640. The maximum atomic E-state index is 11.8. The van der Waals surface area contributed by atoms with Gasteiger partial charge in [0.05, 0.1) is 5.56 Å². The first kappa shape index (κ1) is 15.4. The van der Waals surface area contributed by atoms with Crippen LogP contribution in [0.15, 0.2) is 24.3 Å². The molecule has 82 valence electrons. The third-order valence-corrected chi connectivity index (χ3v) is 2.08. The van der Waals surface area contributed by atoms with Gasteiger partial charge in [-0.3, -0.25) is 4.79 Å². The summed E-state index contributed by atoms with van der Waals surface area (Å²) in [4.78, 5) is 22.4.